The van der Waals surface area contributed by atoms with Crippen molar-refractivity contribution in [2.24, 2.45) is 5.16 Å². The number of nitrogens with zero attached hydrogens (tertiary/aromatic N) is 1. The van der Waals surface area contributed by atoms with Gasteiger partial charge in [-0.1, -0.05) is 29.4 Å². The van der Waals surface area contributed by atoms with Crippen LogP contribution in [-0.4, -0.2) is 40.0 Å². The second-order valence-electron chi connectivity index (χ2n) is 5.16. The largest absolute Gasteiger partial charge is 0.497 e. The van der Waals surface area contributed by atoms with E-state index in [9.17, 15) is 4.79 Å². The number of hydrogen-bond donors (Lipinski definition) is 1. The van der Waals surface area contributed by atoms with Gasteiger partial charge in [-0.15, -0.1) is 0 Å². The van der Waals surface area contributed by atoms with Crippen molar-refractivity contribution in [3.8, 4) is 17.2 Å². The van der Waals surface area contributed by atoms with E-state index in [1.54, 1.807) is 38.5 Å². The molecule has 0 atom stereocenters. The van der Waals surface area contributed by atoms with Gasteiger partial charge in [0, 0.05) is 18.7 Å². The minimum Gasteiger partial charge on any atom is -0.497 e. The Morgan fingerprint density at radius 1 is 1.04 bits per heavy atom. The summed E-state index contributed by atoms with van der Waals surface area (Å²) >= 11 is 0. The van der Waals surface area contributed by atoms with E-state index in [1.165, 1.54) is 14.2 Å². The number of carbonyl (C=O) groups is 1. The summed E-state index contributed by atoms with van der Waals surface area (Å²) in [4.78, 5) is 16.9. The van der Waals surface area contributed by atoms with Crippen LogP contribution in [-0.2, 0) is 16.2 Å². The standard InChI is InChI=1S/C19H22N2O5/c1-20-19(22)18(21-25-4)15-8-6-5-7-13(15)12-26-17-11-14(23-2)9-10-16(17)24-3/h5-11H,12H2,1-4H3,(H,20,22). The molecule has 0 saturated heterocycles. The average molecular weight is 358 g/mol. The minimum atomic E-state index is -0.349. The summed E-state index contributed by atoms with van der Waals surface area (Å²) in [6, 6.07) is 12.6. The van der Waals surface area contributed by atoms with Crippen LogP contribution in [0.5, 0.6) is 17.2 Å². The van der Waals surface area contributed by atoms with Gasteiger partial charge in [-0.3, -0.25) is 4.79 Å². The molecule has 7 nitrogen and oxygen atoms in total. The van der Waals surface area contributed by atoms with E-state index < -0.39 is 0 Å². The molecule has 0 saturated carbocycles. The predicted octanol–water partition coefficient (Wildman–Crippen LogP) is 2.38. The zero-order valence-electron chi connectivity index (χ0n) is 15.2. The zero-order valence-corrected chi connectivity index (χ0v) is 15.2. The van der Waals surface area contributed by atoms with E-state index >= 15 is 0 Å². The summed E-state index contributed by atoms with van der Waals surface area (Å²) in [5.41, 5.74) is 1.57. The number of ether oxygens (including phenoxy) is 3. The predicted molar refractivity (Wildman–Crippen MR) is 97.9 cm³/mol. The number of oxime groups is 1. The molecule has 0 fully saturated rings. The number of benzene rings is 2. The van der Waals surface area contributed by atoms with Crippen LogP contribution in [0.3, 0.4) is 0 Å². The smallest absolute Gasteiger partial charge is 0.273 e. The van der Waals surface area contributed by atoms with Crippen molar-refractivity contribution in [1.29, 1.82) is 0 Å². The Kier molecular flexibility index (Phi) is 6.84. The number of methoxy groups -OCH3 is 2. The summed E-state index contributed by atoms with van der Waals surface area (Å²) in [5, 5.41) is 6.40. The van der Waals surface area contributed by atoms with E-state index in [0.29, 0.717) is 22.8 Å². The van der Waals surface area contributed by atoms with Gasteiger partial charge in [-0.25, -0.2) is 0 Å². The molecule has 2 aromatic rings. The van der Waals surface area contributed by atoms with E-state index in [1.807, 2.05) is 18.2 Å². The fourth-order valence-corrected chi connectivity index (χ4v) is 2.35. The monoisotopic (exact) mass is 358 g/mol. The van der Waals surface area contributed by atoms with Crippen LogP contribution in [0, 0.1) is 0 Å². The van der Waals surface area contributed by atoms with Gasteiger partial charge in [-0.05, 0) is 17.7 Å². The zero-order chi connectivity index (χ0) is 18.9. The van der Waals surface area contributed by atoms with Gasteiger partial charge in [0.1, 0.15) is 19.5 Å². The van der Waals surface area contributed by atoms with Gasteiger partial charge >= 0.3 is 0 Å². The molecule has 1 amide bonds. The summed E-state index contributed by atoms with van der Waals surface area (Å²) in [7, 11) is 6.08. The first-order chi connectivity index (χ1) is 12.6. The molecule has 1 N–H and O–H groups in total. The van der Waals surface area contributed by atoms with E-state index in [-0.39, 0.29) is 18.2 Å². The van der Waals surface area contributed by atoms with E-state index in [4.69, 9.17) is 19.0 Å². The number of carbonyl (C=O) groups excluding carboxylic acids is 1. The van der Waals surface area contributed by atoms with Crippen LogP contribution in [0.25, 0.3) is 0 Å². The van der Waals surface area contributed by atoms with Crippen molar-refractivity contribution in [1.82, 2.24) is 5.32 Å². The van der Waals surface area contributed by atoms with Gasteiger partial charge in [0.25, 0.3) is 5.91 Å². The van der Waals surface area contributed by atoms with Crippen molar-refractivity contribution < 1.29 is 23.8 Å². The molecule has 2 rings (SSSR count). The Morgan fingerprint density at radius 3 is 2.46 bits per heavy atom. The molecule has 138 valence electrons. The second-order valence-corrected chi connectivity index (χ2v) is 5.16. The Hall–Kier alpha value is -3.22. The third-order valence-electron chi connectivity index (χ3n) is 3.65. The van der Waals surface area contributed by atoms with Crippen molar-refractivity contribution in [3.63, 3.8) is 0 Å². The Balaban J connectivity index is 2.32. The molecule has 2 aromatic carbocycles. The lowest BCUT2D eigenvalue weighted by Crippen LogP contribution is -2.29. The highest BCUT2D eigenvalue weighted by Crippen LogP contribution is 2.32. The highest BCUT2D eigenvalue weighted by Gasteiger charge is 2.18. The summed E-state index contributed by atoms with van der Waals surface area (Å²) in [6.45, 7) is 0.208. The Labute approximate surface area is 152 Å². The summed E-state index contributed by atoms with van der Waals surface area (Å²) < 4.78 is 16.4. The summed E-state index contributed by atoms with van der Waals surface area (Å²) in [6.07, 6.45) is 0. The molecule has 0 unspecified atom stereocenters. The topological polar surface area (TPSA) is 78.4 Å². The van der Waals surface area contributed by atoms with Crippen molar-refractivity contribution >= 4 is 11.6 Å². The molecule has 0 aliphatic heterocycles. The van der Waals surface area contributed by atoms with Crippen LogP contribution < -0.4 is 19.5 Å². The minimum absolute atomic E-state index is 0.173. The molecule has 26 heavy (non-hydrogen) atoms. The molecule has 0 aromatic heterocycles. The normalized spacial score (nSPS) is 10.8. The lowest BCUT2D eigenvalue weighted by Gasteiger charge is -2.14. The SMILES string of the molecule is CNC(=O)C(=NOC)c1ccccc1COc1cc(OC)ccc1OC. The summed E-state index contributed by atoms with van der Waals surface area (Å²) in [5.74, 6) is 1.42. The van der Waals surface area contributed by atoms with Crippen molar-refractivity contribution in [2.75, 3.05) is 28.4 Å². The first-order valence-electron chi connectivity index (χ1n) is 7.91. The second kappa shape index (κ2) is 9.31. The lowest BCUT2D eigenvalue weighted by molar-refractivity contribution is -0.114. The quantitative estimate of drug-likeness (QED) is 0.579. The van der Waals surface area contributed by atoms with Crippen molar-refractivity contribution in [3.05, 3.63) is 53.6 Å². The van der Waals surface area contributed by atoms with Gasteiger partial charge in [-0.2, -0.15) is 0 Å². The average Bonchev–Trinajstić information content (AvgIpc) is 2.69. The first kappa shape index (κ1) is 19.1. The number of rotatable bonds is 8. The molecule has 7 heteroatoms. The highest BCUT2D eigenvalue weighted by atomic mass is 16.6. The third-order valence-corrected chi connectivity index (χ3v) is 3.65. The Bertz CT molecular complexity index is 789. The van der Waals surface area contributed by atoms with E-state index in [0.717, 1.165) is 5.56 Å². The molecular formula is C19H22N2O5. The first-order valence-corrected chi connectivity index (χ1v) is 7.91. The van der Waals surface area contributed by atoms with Crippen LogP contribution >= 0.6 is 0 Å². The maximum Gasteiger partial charge on any atom is 0.273 e. The lowest BCUT2D eigenvalue weighted by atomic mass is 10.0. The van der Waals surface area contributed by atoms with Gasteiger partial charge in [0.05, 0.1) is 14.2 Å². The van der Waals surface area contributed by atoms with Crippen LogP contribution in [0.2, 0.25) is 0 Å². The number of nitrogens with one attached hydrogen (secondary N) is 1. The molecule has 0 spiro atoms. The van der Waals surface area contributed by atoms with E-state index in [2.05, 4.69) is 10.5 Å². The van der Waals surface area contributed by atoms with Gasteiger partial charge in [0.15, 0.2) is 17.2 Å². The van der Waals surface area contributed by atoms with Crippen LogP contribution in [0.4, 0.5) is 0 Å². The van der Waals surface area contributed by atoms with Crippen LogP contribution in [0.15, 0.2) is 47.6 Å². The number of hydrogen-bond acceptors (Lipinski definition) is 6. The molecule has 0 heterocycles. The molecule has 0 radical (unpaired) electrons. The molecule has 0 bridgehead atoms. The van der Waals surface area contributed by atoms with Gasteiger partial charge < -0.3 is 24.4 Å². The highest BCUT2D eigenvalue weighted by molar-refractivity contribution is 6.45. The number of amides is 1. The maximum atomic E-state index is 12.1. The maximum absolute atomic E-state index is 12.1. The molecular weight excluding hydrogens is 336 g/mol. The molecule has 0 aliphatic carbocycles. The molecule has 0 aliphatic rings. The van der Waals surface area contributed by atoms with Crippen molar-refractivity contribution in [2.45, 2.75) is 6.61 Å². The van der Waals surface area contributed by atoms with Gasteiger partial charge in [0.2, 0.25) is 0 Å². The fraction of sp³-hybridized carbons (Fsp3) is 0.263. The third kappa shape index (κ3) is 4.44. The fourth-order valence-electron chi connectivity index (χ4n) is 2.35. The Morgan fingerprint density at radius 2 is 1.81 bits per heavy atom. The number of likely N-dealkylation sites (N-methyl/N-ethyl adjacent to an activating group) is 1. The van der Waals surface area contributed by atoms with Crippen LogP contribution in [0.1, 0.15) is 11.1 Å².